The monoisotopic (exact) mass is 268 g/mol. The molecule has 0 bridgehead atoms. The van der Waals surface area contributed by atoms with E-state index < -0.39 is 0 Å². The van der Waals surface area contributed by atoms with E-state index in [4.69, 9.17) is 17.3 Å². The minimum Gasteiger partial charge on any atom is -0.508 e. The third-order valence-corrected chi connectivity index (χ3v) is 4.33. The quantitative estimate of drug-likeness (QED) is 0.885. The molecule has 1 aromatic rings. The van der Waals surface area contributed by atoms with Crippen molar-refractivity contribution in [3.8, 4) is 5.75 Å². The number of nitrogens with two attached hydrogens (primary N) is 1. The lowest BCUT2D eigenvalue weighted by Crippen LogP contribution is -2.42. The van der Waals surface area contributed by atoms with Gasteiger partial charge in [0, 0.05) is 23.7 Å². The van der Waals surface area contributed by atoms with Crippen LogP contribution in [0.25, 0.3) is 0 Å². The molecule has 1 aliphatic rings. The van der Waals surface area contributed by atoms with E-state index in [9.17, 15) is 5.11 Å². The van der Waals surface area contributed by atoms with E-state index in [-0.39, 0.29) is 5.75 Å². The predicted octanol–water partition coefficient (Wildman–Crippen LogP) is 2.46. The molecule has 3 N–H and O–H groups in total. The third-order valence-electron chi connectivity index (χ3n) is 3.98. The van der Waals surface area contributed by atoms with Crippen LogP contribution in [0.3, 0.4) is 0 Å². The number of phenolic OH excluding ortho intramolecular Hbond substituents is 1. The maximum atomic E-state index is 9.86. The van der Waals surface area contributed by atoms with Crippen LogP contribution in [0.5, 0.6) is 5.75 Å². The molecule has 0 radical (unpaired) electrons. The highest BCUT2D eigenvalue weighted by Crippen LogP contribution is 2.29. The molecule has 2 atom stereocenters. The fraction of sp³-hybridized carbons (Fsp3) is 0.571. The number of piperidine rings is 1. The van der Waals surface area contributed by atoms with Gasteiger partial charge in [0.15, 0.2) is 0 Å². The summed E-state index contributed by atoms with van der Waals surface area (Å²) in [6, 6.07) is 5.28. The number of hydrogen-bond donors (Lipinski definition) is 2. The number of benzene rings is 1. The molecule has 0 aliphatic carbocycles. The van der Waals surface area contributed by atoms with Gasteiger partial charge in [0.05, 0.1) is 0 Å². The first kappa shape index (κ1) is 13.7. The molecule has 2 rings (SSSR count). The van der Waals surface area contributed by atoms with Gasteiger partial charge in [-0.05, 0) is 43.5 Å². The first-order chi connectivity index (χ1) is 8.61. The van der Waals surface area contributed by atoms with Crippen LogP contribution >= 0.6 is 11.6 Å². The molecule has 0 saturated carbocycles. The summed E-state index contributed by atoms with van der Waals surface area (Å²) in [5, 5.41) is 10.5. The normalized spacial score (nSPS) is 25.3. The van der Waals surface area contributed by atoms with Gasteiger partial charge in [-0.15, -0.1) is 0 Å². The highest BCUT2D eigenvalue weighted by Gasteiger charge is 2.25. The first-order valence-electron chi connectivity index (χ1n) is 6.50. The molecule has 18 heavy (non-hydrogen) atoms. The van der Waals surface area contributed by atoms with Crippen molar-refractivity contribution in [3.05, 3.63) is 28.8 Å². The summed E-state index contributed by atoms with van der Waals surface area (Å²) < 4.78 is 0. The number of halogens is 1. The molecule has 1 fully saturated rings. The van der Waals surface area contributed by atoms with Gasteiger partial charge in [0.25, 0.3) is 0 Å². The van der Waals surface area contributed by atoms with E-state index in [1.807, 2.05) is 6.07 Å². The third kappa shape index (κ3) is 2.97. The van der Waals surface area contributed by atoms with Gasteiger partial charge in [-0.2, -0.15) is 0 Å². The summed E-state index contributed by atoms with van der Waals surface area (Å²) >= 11 is 6.14. The van der Waals surface area contributed by atoms with Gasteiger partial charge in [0.1, 0.15) is 5.75 Å². The second kappa shape index (κ2) is 5.91. The Morgan fingerprint density at radius 3 is 2.94 bits per heavy atom. The number of likely N-dealkylation sites (tertiary alicyclic amines) is 1. The van der Waals surface area contributed by atoms with Gasteiger partial charge in [0.2, 0.25) is 0 Å². The van der Waals surface area contributed by atoms with Crippen molar-refractivity contribution < 1.29 is 5.11 Å². The molecular formula is C14H21ClN2O. The minimum absolute atomic E-state index is 0.283. The number of nitrogens with zero attached hydrogens (tertiary/aromatic N) is 1. The van der Waals surface area contributed by atoms with Crippen LogP contribution in [-0.4, -0.2) is 29.6 Å². The van der Waals surface area contributed by atoms with E-state index in [0.29, 0.717) is 23.4 Å². The molecule has 2 unspecified atom stereocenters. The van der Waals surface area contributed by atoms with Crippen molar-refractivity contribution in [3.63, 3.8) is 0 Å². The lowest BCUT2D eigenvalue weighted by atomic mass is 9.87. The van der Waals surface area contributed by atoms with Gasteiger partial charge >= 0.3 is 0 Å². The number of hydrogen-bond acceptors (Lipinski definition) is 3. The average molecular weight is 269 g/mol. The maximum absolute atomic E-state index is 9.86. The molecule has 100 valence electrons. The van der Waals surface area contributed by atoms with Crippen LogP contribution in [0.4, 0.5) is 0 Å². The van der Waals surface area contributed by atoms with Crippen LogP contribution in [0.1, 0.15) is 18.9 Å². The Morgan fingerprint density at radius 1 is 1.50 bits per heavy atom. The van der Waals surface area contributed by atoms with Crippen LogP contribution in [0.2, 0.25) is 5.02 Å². The van der Waals surface area contributed by atoms with Crippen LogP contribution in [0.15, 0.2) is 18.2 Å². The van der Waals surface area contributed by atoms with Gasteiger partial charge in [-0.1, -0.05) is 24.6 Å². The van der Waals surface area contributed by atoms with Crippen LogP contribution in [-0.2, 0) is 6.54 Å². The fourth-order valence-corrected chi connectivity index (χ4v) is 2.83. The van der Waals surface area contributed by atoms with Crippen molar-refractivity contribution in [2.75, 3.05) is 19.6 Å². The van der Waals surface area contributed by atoms with Gasteiger partial charge in [-0.3, -0.25) is 4.90 Å². The molecular weight excluding hydrogens is 248 g/mol. The molecule has 1 heterocycles. The zero-order valence-electron chi connectivity index (χ0n) is 10.8. The Morgan fingerprint density at radius 2 is 2.28 bits per heavy atom. The Balaban J connectivity index is 2.06. The van der Waals surface area contributed by atoms with E-state index in [0.717, 1.165) is 31.6 Å². The smallest absolute Gasteiger partial charge is 0.121 e. The standard InChI is InChI=1S/C14H21ClN2O/c1-10-5-6-17(8-11(10)7-16)9-12-13(15)3-2-4-14(12)18/h2-4,10-11,18H,5-9,16H2,1H3. The summed E-state index contributed by atoms with van der Waals surface area (Å²) in [6.45, 7) is 5.73. The van der Waals surface area contributed by atoms with Crippen LogP contribution < -0.4 is 5.73 Å². The van der Waals surface area contributed by atoms with Gasteiger partial charge in [-0.25, -0.2) is 0 Å². The lowest BCUT2D eigenvalue weighted by molar-refractivity contribution is 0.125. The summed E-state index contributed by atoms with van der Waals surface area (Å²) in [6.07, 6.45) is 1.16. The fourth-order valence-electron chi connectivity index (χ4n) is 2.60. The summed E-state index contributed by atoms with van der Waals surface area (Å²) in [7, 11) is 0. The van der Waals surface area contributed by atoms with Crippen molar-refractivity contribution in [1.82, 2.24) is 4.90 Å². The van der Waals surface area contributed by atoms with E-state index in [1.165, 1.54) is 0 Å². The number of rotatable bonds is 3. The van der Waals surface area contributed by atoms with E-state index in [2.05, 4.69) is 11.8 Å². The summed E-state index contributed by atoms with van der Waals surface area (Å²) in [5.74, 6) is 1.51. The summed E-state index contributed by atoms with van der Waals surface area (Å²) in [5.41, 5.74) is 6.63. The van der Waals surface area contributed by atoms with Crippen LogP contribution in [0, 0.1) is 11.8 Å². The maximum Gasteiger partial charge on any atom is 0.121 e. The molecule has 1 aromatic carbocycles. The molecule has 0 amide bonds. The largest absolute Gasteiger partial charge is 0.508 e. The first-order valence-corrected chi connectivity index (χ1v) is 6.88. The van der Waals surface area contributed by atoms with E-state index in [1.54, 1.807) is 12.1 Å². The lowest BCUT2D eigenvalue weighted by Gasteiger charge is -2.36. The average Bonchev–Trinajstić information content (AvgIpc) is 2.36. The minimum atomic E-state index is 0.283. The molecule has 1 saturated heterocycles. The Hall–Kier alpha value is -0.770. The van der Waals surface area contributed by atoms with E-state index >= 15 is 0 Å². The Labute approximate surface area is 114 Å². The van der Waals surface area contributed by atoms with Gasteiger partial charge < -0.3 is 10.8 Å². The summed E-state index contributed by atoms with van der Waals surface area (Å²) in [4.78, 5) is 2.33. The van der Waals surface area contributed by atoms with Crippen molar-refractivity contribution >= 4 is 11.6 Å². The SMILES string of the molecule is CC1CCN(Cc2c(O)cccc2Cl)CC1CN. The molecule has 1 aliphatic heterocycles. The zero-order valence-corrected chi connectivity index (χ0v) is 11.5. The molecule has 4 heteroatoms. The Kier molecular flexibility index (Phi) is 4.49. The Bertz CT molecular complexity index is 391. The van der Waals surface area contributed by atoms with Crippen molar-refractivity contribution in [2.45, 2.75) is 19.9 Å². The molecule has 0 aromatic heterocycles. The highest BCUT2D eigenvalue weighted by molar-refractivity contribution is 6.31. The number of phenols is 1. The second-order valence-electron chi connectivity index (χ2n) is 5.23. The molecule has 0 spiro atoms. The van der Waals surface area contributed by atoms with Crippen molar-refractivity contribution in [1.29, 1.82) is 0 Å². The predicted molar refractivity (Wildman–Crippen MR) is 74.7 cm³/mol. The second-order valence-corrected chi connectivity index (χ2v) is 5.64. The highest BCUT2D eigenvalue weighted by atomic mass is 35.5. The number of aromatic hydroxyl groups is 1. The topological polar surface area (TPSA) is 49.5 Å². The molecule has 3 nitrogen and oxygen atoms in total. The van der Waals surface area contributed by atoms with Crippen molar-refractivity contribution in [2.24, 2.45) is 17.6 Å². The zero-order chi connectivity index (χ0) is 13.1.